The summed E-state index contributed by atoms with van der Waals surface area (Å²) in [5, 5.41) is 4.54. The predicted molar refractivity (Wildman–Crippen MR) is 117 cm³/mol. The Kier molecular flexibility index (Phi) is 13.4. The topological polar surface area (TPSA) is 96.0 Å². The Morgan fingerprint density at radius 1 is 0.484 bits per heavy atom. The first-order chi connectivity index (χ1) is 13.8. The molecule has 0 aliphatic rings. The standard InChI is InChI=1S/C12H36I2N8O9/c1-15(2)25-19(6,7)31-22(12,28-17(4)24-14)29-18(5)27-21(10,11)30-20(8,9)26-16(3)23-13/h1-12H3/q+4. The number of halogens is 2. The number of nitrogens with zero attached hydrogens (tertiary/aromatic N) is 8. The van der Waals surface area contributed by atoms with Gasteiger partial charge in [-0.15, -0.1) is 5.06 Å². The summed E-state index contributed by atoms with van der Waals surface area (Å²) in [6.07, 6.45) is 0. The van der Waals surface area contributed by atoms with E-state index in [2.05, 4.69) is 0 Å². The minimum atomic E-state index is -0.975. The van der Waals surface area contributed by atoms with Crippen LogP contribution in [-0.2, 0) is 40.9 Å². The van der Waals surface area contributed by atoms with Gasteiger partial charge in [0, 0.05) is 58.0 Å². The van der Waals surface area contributed by atoms with E-state index in [9.17, 15) is 0 Å². The monoisotopic (exact) mass is 690 g/mol. The van der Waals surface area contributed by atoms with Gasteiger partial charge >= 0.3 is 0 Å². The Labute approximate surface area is 211 Å². The van der Waals surface area contributed by atoms with Crippen LogP contribution in [0.3, 0.4) is 0 Å². The molecule has 0 amide bonds. The average Bonchev–Trinajstić information content (AvgIpc) is 2.49. The van der Waals surface area contributed by atoms with Crippen molar-refractivity contribution in [2.75, 3.05) is 84.6 Å². The minimum absolute atomic E-state index is 0.411. The normalized spacial score (nSPS) is 16.1. The molecule has 0 N–H and O–H groups in total. The third-order valence-electron chi connectivity index (χ3n) is 2.44. The van der Waals surface area contributed by atoms with E-state index in [1.165, 1.54) is 26.2 Å². The van der Waals surface area contributed by atoms with E-state index in [1.54, 1.807) is 109 Å². The lowest BCUT2D eigenvalue weighted by atomic mass is 11.1. The number of hydroxylamine groups is 23. The van der Waals surface area contributed by atoms with E-state index in [0.29, 0.717) is 0 Å². The molecule has 0 aromatic heterocycles. The molecule has 1 unspecified atom stereocenters. The van der Waals surface area contributed by atoms with Crippen LogP contribution in [0.2, 0.25) is 0 Å². The molecule has 0 aliphatic heterocycles. The quantitative estimate of drug-likeness (QED) is 0.128. The van der Waals surface area contributed by atoms with Crippen LogP contribution in [0, 0.1) is 0 Å². The molecule has 0 saturated carbocycles. The van der Waals surface area contributed by atoms with Gasteiger partial charge in [-0.05, 0) is 14.8 Å². The highest BCUT2D eigenvalue weighted by atomic mass is 127. The van der Waals surface area contributed by atoms with Crippen molar-refractivity contribution in [3.05, 3.63) is 0 Å². The van der Waals surface area contributed by atoms with Crippen LogP contribution < -0.4 is 0 Å². The Balaban J connectivity index is 5.29. The summed E-state index contributed by atoms with van der Waals surface area (Å²) in [5.41, 5.74) is 0. The molecule has 0 bridgehead atoms. The molecule has 188 valence electrons. The van der Waals surface area contributed by atoms with E-state index in [1.807, 2.05) is 0 Å². The second kappa shape index (κ2) is 13.0. The highest BCUT2D eigenvalue weighted by Gasteiger charge is 2.48. The van der Waals surface area contributed by atoms with Crippen molar-refractivity contribution in [2.45, 2.75) is 0 Å². The van der Waals surface area contributed by atoms with Crippen LogP contribution in [0.25, 0.3) is 0 Å². The predicted octanol–water partition coefficient (Wildman–Crippen LogP) is 0.509. The molecule has 0 spiro atoms. The Morgan fingerprint density at radius 2 is 0.839 bits per heavy atom. The summed E-state index contributed by atoms with van der Waals surface area (Å²) in [4.78, 5) is 37.0. The van der Waals surface area contributed by atoms with Crippen LogP contribution in [0.1, 0.15) is 0 Å². The molecule has 17 nitrogen and oxygen atoms in total. The zero-order valence-electron chi connectivity index (χ0n) is 20.0. The smallest absolute Gasteiger partial charge is 0.193 e. The molecular weight excluding hydrogens is 654 g/mol. The fourth-order valence-electron chi connectivity index (χ4n) is 2.33. The minimum Gasteiger partial charge on any atom is -0.200 e. The summed E-state index contributed by atoms with van der Waals surface area (Å²) < 4.78 is 9.86. The molecule has 0 aromatic carbocycles. The molecule has 19 heteroatoms. The Bertz CT molecular complexity index is 536. The number of rotatable bonds is 16. The zero-order valence-corrected chi connectivity index (χ0v) is 24.3. The lowest BCUT2D eigenvalue weighted by molar-refractivity contribution is -1.54. The van der Waals surface area contributed by atoms with Gasteiger partial charge in [-0.2, -0.15) is 6.33 Å². The van der Waals surface area contributed by atoms with Gasteiger partial charge in [0.25, 0.3) is 0 Å². The van der Waals surface area contributed by atoms with Crippen molar-refractivity contribution in [1.82, 2.24) is 20.7 Å². The maximum Gasteiger partial charge on any atom is 0.193 e. The highest BCUT2D eigenvalue weighted by Crippen LogP contribution is 2.20. The van der Waals surface area contributed by atoms with Crippen molar-refractivity contribution in [3.63, 3.8) is 0 Å². The lowest BCUT2D eigenvalue weighted by Crippen LogP contribution is -2.61. The summed E-state index contributed by atoms with van der Waals surface area (Å²) in [6, 6.07) is 0. The van der Waals surface area contributed by atoms with Crippen molar-refractivity contribution < 1.29 is 60.3 Å². The van der Waals surface area contributed by atoms with Crippen LogP contribution in [-0.4, -0.2) is 125 Å². The molecule has 0 radical (unpaired) electrons. The summed E-state index contributed by atoms with van der Waals surface area (Å²) >= 11 is 3.30. The zero-order chi connectivity index (χ0) is 24.7. The van der Waals surface area contributed by atoms with E-state index in [0.717, 1.165) is 15.7 Å². The fourth-order valence-corrected chi connectivity index (χ4v) is 2.47. The van der Waals surface area contributed by atoms with E-state index in [-0.39, 0.29) is 0 Å². The average molecular weight is 690 g/mol. The van der Waals surface area contributed by atoms with E-state index in [4.69, 9.17) is 40.9 Å². The lowest BCUT2D eigenvalue weighted by Gasteiger charge is -2.33. The molecule has 1 atom stereocenters. The van der Waals surface area contributed by atoms with Gasteiger partial charge in [0.2, 0.25) is 0 Å². The van der Waals surface area contributed by atoms with Gasteiger partial charge in [-0.25, -0.2) is 0 Å². The largest absolute Gasteiger partial charge is 0.200 e. The first-order valence-corrected chi connectivity index (χ1v) is 10.4. The SMILES string of the molecule is CN(C)O[N+](C)(C)O[N+](C)(ON(C)OI)ON(C)O[N+](C)(C)O[N+](C)(C)ON(C)OI. The van der Waals surface area contributed by atoms with Crippen molar-refractivity contribution in [1.29, 1.82) is 0 Å². The molecular formula is C12H36I2N8O9+4. The van der Waals surface area contributed by atoms with Gasteiger partial charge in [0.1, 0.15) is 93.2 Å². The second-order valence-electron chi connectivity index (χ2n) is 7.37. The van der Waals surface area contributed by atoms with Crippen molar-refractivity contribution in [2.24, 2.45) is 0 Å². The first kappa shape index (κ1) is 31.8. The number of hydrogen-bond acceptors (Lipinski definition) is 13. The summed E-state index contributed by atoms with van der Waals surface area (Å²) in [7, 11) is 19.0. The van der Waals surface area contributed by atoms with Crippen LogP contribution in [0.5, 0.6) is 0 Å². The van der Waals surface area contributed by atoms with Gasteiger partial charge in [-0.1, -0.05) is 4.94 Å². The second-order valence-corrected chi connectivity index (χ2v) is 8.16. The molecule has 0 rings (SSSR count). The Hall–Kier alpha value is 0.780. The van der Waals surface area contributed by atoms with E-state index >= 15 is 0 Å². The van der Waals surface area contributed by atoms with Gasteiger partial charge in [0.15, 0.2) is 12.0 Å². The van der Waals surface area contributed by atoms with Crippen LogP contribution in [0.15, 0.2) is 0 Å². The number of hydrogen-bond donors (Lipinski definition) is 0. The summed E-state index contributed by atoms with van der Waals surface area (Å²) in [6.45, 7) is 0. The first-order valence-electron chi connectivity index (χ1n) is 8.60. The highest BCUT2D eigenvalue weighted by molar-refractivity contribution is 14.1. The van der Waals surface area contributed by atoms with Crippen molar-refractivity contribution in [3.8, 4) is 0 Å². The summed E-state index contributed by atoms with van der Waals surface area (Å²) in [5.74, 6) is 0. The molecule has 31 heavy (non-hydrogen) atoms. The third kappa shape index (κ3) is 14.6. The number of quaternary nitrogens is 4. The van der Waals surface area contributed by atoms with E-state index < -0.39 is 19.4 Å². The fraction of sp³-hybridized carbons (Fsp3) is 1.00. The van der Waals surface area contributed by atoms with Crippen molar-refractivity contribution >= 4 is 46.0 Å². The molecule has 0 aliphatic carbocycles. The van der Waals surface area contributed by atoms with Gasteiger partial charge in [-0.3, -0.25) is 0 Å². The Morgan fingerprint density at radius 3 is 1.26 bits per heavy atom. The van der Waals surface area contributed by atoms with Crippen LogP contribution in [0.4, 0.5) is 0 Å². The molecule has 0 fully saturated rings. The maximum absolute atomic E-state index is 5.78. The maximum atomic E-state index is 5.78. The van der Waals surface area contributed by atoms with Crippen LogP contribution >= 0.6 is 46.0 Å². The molecule has 0 heterocycles. The van der Waals surface area contributed by atoms with Gasteiger partial charge in [0.05, 0.1) is 17.2 Å². The molecule has 0 aromatic rings. The third-order valence-corrected chi connectivity index (χ3v) is 3.55. The molecule has 0 saturated heterocycles. The van der Waals surface area contributed by atoms with Gasteiger partial charge < -0.3 is 0 Å².